The Bertz CT molecular complexity index is 890. The molecule has 2 aliphatic rings. The largest absolute Gasteiger partial charge is 0.418 e. The molecule has 0 aromatic carbocycles. The number of hydroxylamine groups is 2. The van der Waals surface area contributed by atoms with Crippen molar-refractivity contribution in [3.8, 4) is 0 Å². The van der Waals surface area contributed by atoms with Crippen molar-refractivity contribution >= 4 is 27.8 Å². The molecule has 0 spiro atoms. The van der Waals surface area contributed by atoms with Gasteiger partial charge in [-0.05, 0) is 0 Å². The van der Waals surface area contributed by atoms with Gasteiger partial charge in [-0.25, -0.2) is 14.8 Å². The molecule has 4 rings (SSSR count). The van der Waals surface area contributed by atoms with Gasteiger partial charge in [-0.15, -0.1) is 15.6 Å². The predicted octanol–water partition coefficient (Wildman–Crippen LogP) is 0.493. The number of aryl methyl sites for hydroxylation is 1. The van der Waals surface area contributed by atoms with Crippen LogP contribution in [0.4, 0.5) is 4.79 Å². The lowest BCUT2D eigenvalue weighted by Crippen LogP contribution is -2.36. The van der Waals surface area contributed by atoms with Crippen molar-refractivity contribution in [1.29, 1.82) is 0 Å². The van der Waals surface area contributed by atoms with E-state index in [9.17, 15) is 13.2 Å². The number of carbonyl (C=O) groups is 1. The smallest absolute Gasteiger partial charge is 0.336 e. The summed E-state index contributed by atoms with van der Waals surface area (Å²) in [5.74, 6) is 0.609. The molecule has 2 atom stereocenters. The second-order valence-corrected chi connectivity index (χ2v) is 7.07. The minimum Gasteiger partial charge on any atom is -0.336 e. The number of hydrogen-bond acceptors (Lipinski definition) is 7. The van der Waals surface area contributed by atoms with Crippen LogP contribution >= 0.6 is 11.3 Å². The van der Waals surface area contributed by atoms with Crippen LogP contribution < -0.4 is 0 Å². The summed E-state index contributed by atoms with van der Waals surface area (Å²) in [4.78, 5) is 23.3. The van der Waals surface area contributed by atoms with Crippen molar-refractivity contribution in [1.82, 2.24) is 24.5 Å². The predicted molar refractivity (Wildman–Crippen MR) is 76.5 cm³/mol. The summed E-state index contributed by atoms with van der Waals surface area (Å²) in [7, 11) is -3.00. The van der Waals surface area contributed by atoms with Crippen molar-refractivity contribution in [2.75, 3.05) is 6.54 Å². The monoisotopic (exact) mass is 357 g/mol. The quantitative estimate of drug-likeness (QED) is 0.794. The van der Waals surface area contributed by atoms with Gasteiger partial charge in [-0.2, -0.15) is 13.5 Å². The Morgan fingerprint density at radius 1 is 1.43 bits per heavy atom. The van der Waals surface area contributed by atoms with Crippen LogP contribution in [0.1, 0.15) is 28.5 Å². The zero-order valence-electron chi connectivity index (χ0n) is 11.7. The first-order valence-electron chi connectivity index (χ1n) is 6.54. The van der Waals surface area contributed by atoms with Gasteiger partial charge < -0.3 is 9.47 Å². The van der Waals surface area contributed by atoms with E-state index in [1.54, 1.807) is 29.5 Å². The molecular formula is C11H11N5O5S2. The Balaban J connectivity index is 1.83. The molecule has 1 unspecified atom stereocenters. The van der Waals surface area contributed by atoms with E-state index in [0.717, 1.165) is 0 Å². The number of urea groups is 1. The lowest BCUT2D eigenvalue weighted by atomic mass is 10.0. The number of carbonyl (C=O) groups excluding carboxylic acids is 1. The first kappa shape index (κ1) is 14.6. The van der Waals surface area contributed by atoms with Crippen molar-refractivity contribution in [3.63, 3.8) is 0 Å². The number of amides is 2. The van der Waals surface area contributed by atoms with Gasteiger partial charge in [0.05, 0.1) is 22.6 Å². The summed E-state index contributed by atoms with van der Waals surface area (Å²) in [5.41, 5.74) is 2.26. The third-order valence-corrected chi connectivity index (χ3v) is 5.16. The molecule has 2 aromatic heterocycles. The normalized spacial score (nSPS) is 23.5. The Kier molecular flexibility index (Phi) is 3.00. The Morgan fingerprint density at radius 3 is 2.87 bits per heavy atom. The van der Waals surface area contributed by atoms with E-state index >= 15 is 0 Å². The van der Waals surface area contributed by atoms with E-state index < -0.39 is 28.5 Å². The summed E-state index contributed by atoms with van der Waals surface area (Å²) in [5, 5.41) is 0.676. The zero-order chi connectivity index (χ0) is 16.4. The number of hydrogen-bond donors (Lipinski definition) is 1. The van der Waals surface area contributed by atoms with Crippen LogP contribution in [0.3, 0.4) is 0 Å². The van der Waals surface area contributed by atoms with E-state index in [2.05, 4.69) is 14.3 Å². The second kappa shape index (κ2) is 4.74. The molecule has 12 heteroatoms. The maximum atomic E-state index is 12.5. The molecule has 10 nitrogen and oxygen atoms in total. The highest BCUT2D eigenvalue weighted by Gasteiger charge is 2.52. The van der Waals surface area contributed by atoms with Crippen LogP contribution in [0.5, 0.6) is 0 Å². The fourth-order valence-corrected chi connectivity index (χ4v) is 4.22. The molecule has 0 aliphatic carbocycles. The highest BCUT2D eigenvalue weighted by molar-refractivity contribution is 7.80. The SMILES string of the molecule is Cn1ccnc1[C@@H]1c2ncsc2C2CN1C(=O)N2OS(=O)(=O)O. The molecule has 2 amide bonds. The van der Waals surface area contributed by atoms with Crippen molar-refractivity contribution in [3.05, 3.63) is 34.3 Å². The summed E-state index contributed by atoms with van der Waals surface area (Å²) >= 11 is 1.30. The lowest BCUT2D eigenvalue weighted by molar-refractivity contribution is -0.0308. The standard InChI is InChI=1S/C11H11N5O5S2/c1-14-3-2-12-10(14)8-7-9(22-5-13-7)6-4-15(8)11(17)16(6)21-23(18,19)20/h2-3,5-6,8H,4H2,1H3,(H,18,19,20)/t6?,8-/m0/s1. The number of nitrogens with zero attached hydrogens (tertiary/aromatic N) is 5. The average molecular weight is 357 g/mol. The van der Waals surface area contributed by atoms with Gasteiger partial charge in [-0.3, -0.25) is 4.55 Å². The van der Waals surface area contributed by atoms with E-state index in [4.69, 9.17) is 4.55 Å². The summed E-state index contributed by atoms with van der Waals surface area (Å²) < 4.78 is 37.2. The molecule has 2 bridgehead atoms. The second-order valence-electron chi connectivity index (χ2n) is 5.18. The van der Waals surface area contributed by atoms with Gasteiger partial charge >= 0.3 is 16.4 Å². The molecule has 0 radical (unpaired) electrons. The molecule has 1 N–H and O–H groups in total. The molecule has 2 aromatic rings. The number of imidazole rings is 1. The molecule has 1 fully saturated rings. The van der Waals surface area contributed by atoms with Gasteiger partial charge in [0.25, 0.3) is 0 Å². The molecule has 0 saturated carbocycles. The summed E-state index contributed by atoms with van der Waals surface area (Å²) in [6.07, 6.45) is 3.36. The molecule has 122 valence electrons. The highest BCUT2D eigenvalue weighted by atomic mass is 32.3. The zero-order valence-corrected chi connectivity index (χ0v) is 13.4. The van der Waals surface area contributed by atoms with Gasteiger partial charge in [0, 0.05) is 19.4 Å². The Labute approximate surface area is 134 Å². The number of aromatic nitrogens is 3. The first-order valence-corrected chi connectivity index (χ1v) is 8.78. The Hall–Kier alpha value is -2.02. The minimum atomic E-state index is -4.80. The highest BCUT2D eigenvalue weighted by Crippen LogP contribution is 2.47. The van der Waals surface area contributed by atoms with E-state index in [-0.39, 0.29) is 6.54 Å². The molecule has 23 heavy (non-hydrogen) atoms. The first-order chi connectivity index (χ1) is 10.9. The molecule has 1 saturated heterocycles. The topological polar surface area (TPSA) is 118 Å². The minimum absolute atomic E-state index is 0.223. The summed E-state index contributed by atoms with van der Waals surface area (Å²) in [6, 6.07) is -1.83. The third kappa shape index (κ3) is 2.14. The van der Waals surface area contributed by atoms with Gasteiger partial charge in [0.2, 0.25) is 0 Å². The van der Waals surface area contributed by atoms with Gasteiger partial charge in [0.1, 0.15) is 17.9 Å². The van der Waals surface area contributed by atoms with Gasteiger partial charge in [-0.1, -0.05) is 0 Å². The van der Waals surface area contributed by atoms with Crippen LogP contribution in [-0.2, 0) is 21.7 Å². The maximum Gasteiger partial charge on any atom is 0.418 e. The fourth-order valence-electron chi connectivity index (χ4n) is 2.96. The molecule has 4 heterocycles. The fraction of sp³-hybridized carbons (Fsp3) is 0.364. The average Bonchev–Trinajstić information content (AvgIpc) is 3.15. The van der Waals surface area contributed by atoms with Crippen LogP contribution in [0.2, 0.25) is 0 Å². The van der Waals surface area contributed by atoms with Crippen molar-refractivity contribution in [2.45, 2.75) is 12.1 Å². The Morgan fingerprint density at radius 2 is 2.22 bits per heavy atom. The van der Waals surface area contributed by atoms with Crippen LogP contribution in [0, 0.1) is 0 Å². The van der Waals surface area contributed by atoms with Gasteiger partial charge in [0.15, 0.2) is 0 Å². The number of thiazole rings is 1. The van der Waals surface area contributed by atoms with E-state index in [1.807, 2.05) is 0 Å². The third-order valence-electron chi connectivity index (χ3n) is 3.86. The van der Waals surface area contributed by atoms with Crippen molar-refractivity contribution in [2.24, 2.45) is 7.05 Å². The molecule has 2 aliphatic heterocycles. The molecular weight excluding hydrogens is 346 g/mol. The lowest BCUT2D eigenvalue weighted by Gasteiger charge is -2.29. The van der Waals surface area contributed by atoms with Crippen LogP contribution in [0.25, 0.3) is 0 Å². The maximum absolute atomic E-state index is 12.5. The van der Waals surface area contributed by atoms with E-state index in [0.29, 0.717) is 21.5 Å². The summed E-state index contributed by atoms with van der Waals surface area (Å²) in [6.45, 7) is 0.223. The van der Waals surface area contributed by atoms with Crippen LogP contribution in [0.15, 0.2) is 17.9 Å². The number of rotatable bonds is 3. The number of fused-ring (bicyclic) bond motifs is 4. The van der Waals surface area contributed by atoms with E-state index in [1.165, 1.54) is 16.2 Å². The van der Waals surface area contributed by atoms with Crippen LogP contribution in [-0.4, -0.2) is 50.0 Å². The van der Waals surface area contributed by atoms with Crippen molar-refractivity contribution < 1.29 is 22.0 Å².